The van der Waals surface area contributed by atoms with E-state index >= 15 is 0 Å². The van der Waals surface area contributed by atoms with Crippen molar-refractivity contribution in [3.05, 3.63) is 87.6 Å². The number of anilines is 1. The van der Waals surface area contributed by atoms with Gasteiger partial charge in [0.15, 0.2) is 11.6 Å². The monoisotopic (exact) mass is 581 g/mol. The molecular formula is C29H29F2N5O4S. The number of hydrogen-bond acceptors (Lipinski definition) is 6. The van der Waals surface area contributed by atoms with Gasteiger partial charge in [0.2, 0.25) is 15.9 Å². The third kappa shape index (κ3) is 5.64. The van der Waals surface area contributed by atoms with E-state index in [9.17, 15) is 26.8 Å². The van der Waals surface area contributed by atoms with Crippen LogP contribution in [-0.2, 0) is 28.4 Å². The lowest BCUT2D eigenvalue weighted by Crippen LogP contribution is -2.59. The van der Waals surface area contributed by atoms with Crippen LogP contribution in [0.15, 0.2) is 58.5 Å². The lowest BCUT2D eigenvalue weighted by Gasteiger charge is -2.41. The van der Waals surface area contributed by atoms with E-state index < -0.39 is 44.1 Å². The highest BCUT2D eigenvalue weighted by Gasteiger charge is 2.45. The standard InChI is InChI=1S/C29H29F2N5O4S/c1-34-11-9-23(14-27(34)37)35(18-22-8-7-20(17-33-22)19-5-3-2-4-6-19)29(38)26-10-12-36(26)41(39,40)24-13-21(16-32)28(31)25(30)15-24/h7-9,11,13-15,17,19,26H,2-6,10,12,18H2,1H3/t26-/m1/s1. The van der Waals surface area contributed by atoms with Gasteiger partial charge < -0.3 is 9.47 Å². The van der Waals surface area contributed by atoms with Crippen molar-refractivity contribution < 1.29 is 22.0 Å². The van der Waals surface area contributed by atoms with Crippen LogP contribution >= 0.6 is 0 Å². The first kappa shape index (κ1) is 28.6. The third-order valence-electron chi connectivity index (χ3n) is 7.89. The molecule has 0 spiro atoms. The molecule has 41 heavy (non-hydrogen) atoms. The summed E-state index contributed by atoms with van der Waals surface area (Å²) in [6.07, 6.45) is 9.33. The topological polar surface area (TPSA) is 116 Å². The second kappa shape index (κ2) is 11.5. The highest BCUT2D eigenvalue weighted by molar-refractivity contribution is 7.89. The van der Waals surface area contributed by atoms with Gasteiger partial charge in [0.25, 0.3) is 5.56 Å². The summed E-state index contributed by atoms with van der Waals surface area (Å²) in [6.45, 7) is -0.0382. The van der Waals surface area contributed by atoms with Gasteiger partial charge in [-0.2, -0.15) is 9.57 Å². The number of carbonyl (C=O) groups is 1. The molecule has 0 radical (unpaired) electrons. The highest BCUT2D eigenvalue weighted by atomic mass is 32.2. The van der Waals surface area contributed by atoms with Crippen molar-refractivity contribution >= 4 is 21.6 Å². The Labute approximate surface area is 236 Å². The minimum atomic E-state index is -4.44. The summed E-state index contributed by atoms with van der Waals surface area (Å²) in [5.74, 6) is -3.06. The lowest BCUT2D eigenvalue weighted by atomic mass is 9.85. The molecule has 1 aliphatic carbocycles. The second-order valence-corrected chi connectivity index (χ2v) is 12.4. The van der Waals surface area contributed by atoms with Crippen LogP contribution in [0.25, 0.3) is 0 Å². The van der Waals surface area contributed by atoms with Crippen molar-refractivity contribution in [1.82, 2.24) is 13.9 Å². The van der Waals surface area contributed by atoms with Gasteiger partial charge in [-0.05, 0) is 55.0 Å². The van der Waals surface area contributed by atoms with E-state index in [0.717, 1.165) is 28.8 Å². The number of nitriles is 1. The minimum Gasteiger partial charge on any atom is -0.318 e. The van der Waals surface area contributed by atoms with E-state index in [-0.39, 0.29) is 30.8 Å². The molecule has 0 unspecified atom stereocenters. The zero-order valence-corrected chi connectivity index (χ0v) is 23.3. The molecule has 2 aromatic heterocycles. The number of benzene rings is 1. The van der Waals surface area contributed by atoms with Gasteiger partial charge in [-0.25, -0.2) is 17.2 Å². The van der Waals surface area contributed by atoms with Crippen molar-refractivity contribution in [3.63, 3.8) is 0 Å². The van der Waals surface area contributed by atoms with Crippen LogP contribution in [0.2, 0.25) is 0 Å². The van der Waals surface area contributed by atoms with E-state index in [1.54, 1.807) is 13.1 Å². The van der Waals surface area contributed by atoms with E-state index in [2.05, 4.69) is 4.98 Å². The van der Waals surface area contributed by atoms with Crippen LogP contribution in [-0.4, -0.2) is 40.8 Å². The molecule has 214 valence electrons. The quantitative estimate of drug-likeness (QED) is 0.417. The molecule has 0 N–H and O–H groups in total. The van der Waals surface area contributed by atoms with E-state index in [4.69, 9.17) is 5.26 Å². The number of aromatic nitrogens is 2. The zero-order chi connectivity index (χ0) is 29.3. The normalized spacial score (nSPS) is 18.0. The Morgan fingerprint density at radius 2 is 1.88 bits per heavy atom. The SMILES string of the molecule is Cn1ccc(N(Cc2ccc(C3CCCCC3)cn2)C(=O)[C@H]2CCN2S(=O)(=O)c2cc(F)c(F)c(C#N)c2)cc1=O. The Hall–Kier alpha value is -3.95. The molecule has 1 aliphatic heterocycles. The first-order valence-corrected chi connectivity index (χ1v) is 14.9. The molecule has 2 aliphatic rings. The summed E-state index contributed by atoms with van der Waals surface area (Å²) >= 11 is 0. The van der Waals surface area contributed by atoms with Gasteiger partial charge in [-0.1, -0.05) is 25.3 Å². The number of halogens is 2. The molecule has 1 saturated heterocycles. The number of sulfonamides is 1. The maximum atomic E-state index is 14.1. The van der Waals surface area contributed by atoms with Crippen molar-refractivity contribution in [2.75, 3.05) is 11.4 Å². The number of aryl methyl sites for hydroxylation is 1. The molecule has 1 amide bonds. The molecule has 5 rings (SSSR count). The van der Waals surface area contributed by atoms with Crippen LogP contribution in [0.4, 0.5) is 14.5 Å². The fourth-order valence-electron chi connectivity index (χ4n) is 5.38. The van der Waals surface area contributed by atoms with Crippen molar-refractivity contribution in [2.24, 2.45) is 7.05 Å². The minimum absolute atomic E-state index is 0.00884. The molecule has 2 fully saturated rings. The van der Waals surface area contributed by atoms with Crippen molar-refractivity contribution in [3.8, 4) is 6.07 Å². The Kier molecular flexibility index (Phi) is 8.02. The van der Waals surface area contributed by atoms with E-state index in [1.165, 1.54) is 47.1 Å². The molecule has 9 nitrogen and oxygen atoms in total. The Balaban J connectivity index is 1.44. The van der Waals surface area contributed by atoms with Gasteiger partial charge in [0.1, 0.15) is 12.1 Å². The largest absolute Gasteiger partial charge is 0.318 e. The lowest BCUT2D eigenvalue weighted by molar-refractivity contribution is -0.125. The number of pyridine rings is 2. The van der Waals surface area contributed by atoms with Crippen LogP contribution in [0.1, 0.15) is 61.3 Å². The van der Waals surface area contributed by atoms with Crippen molar-refractivity contribution in [2.45, 2.75) is 61.9 Å². The summed E-state index contributed by atoms with van der Waals surface area (Å²) in [7, 11) is -2.87. The van der Waals surface area contributed by atoms with Crippen LogP contribution < -0.4 is 10.5 Å². The molecule has 3 aromatic rings. The number of hydrogen-bond donors (Lipinski definition) is 0. The summed E-state index contributed by atoms with van der Waals surface area (Å²) in [5.41, 5.74) is 0.868. The Morgan fingerprint density at radius 3 is 2.49 bits per heavy atom. The molecule has 1 aromatic carbocycles. The summed E-state index contributed by atoms with van der Waals surface area (Å²) in [5, 5.41) is 9.10. The fraction of sp³-hybridized carbons (Fsp3) is 0.379. The first-order chi connectivity index (χ1) is 19.6. The second-order valence-electron chi connectivity index (χ2n) is 10.5. The van der Waals surface area contributed by atoms with Gasteiger partial charge in [-0.3, -0.25) is 14.6 Å². The Morgan fingerprint density at radius 1 is 1.12 bits per heavy atom. The number of rotatable bonds is 7. The molecule has 1 atom stereocenters. The average Bonchev–Trinajstić information content (AvgIpc) is 2.94. The van der Waals surface area contributed by atoms with E-state index in [0.29, 0.717) is 17.7 Å². The third-order valence-corrected chi connectivity index (χ3v) is 9.78. The van der Waals surface area contributed by atoms with Gasteiger partial charge in [-0.15, -0.1) is 0 Å². The molecule has 0 bridgehead atoms. The molecular weight excluding hydrogens is 552 g/mol. The summed E-state index contributed by atoms with van der Waals surface area (Å²) in [6, 6.07) is 8.27. The predicted molar refractivity (Wildman–Crippen MR) is 146 cm³/mol. The predicted octanol–water partition coefficient (Wildman–Crippen LogP) is 3.97. The van der Waals surface area contributed by atoms with Gasteiger partial charge in [0, 0.05) is 32.1 Å². The highest BCUT2D eigenvalue weighted by Crippen LogP contribution is 2.33. The maximum absolute atomic E-state index is 14.1. The number of nitrogens with zero attached hydrogens (tertiary/aromatic N) is 5. The summed E-state index contributed by atoms with van der Waals surface area (Å²) < 4.78 is 56.9. The van der Waals surface area contributed by atoms with Crippen LogP contribution in [0.5, 0.6) is 0 Å². The first-order valence-electron chi connectivity index (χ1n) is 13.4. The fourth-order valence-corrected chi connectivity index (χ4v) is 7.05. The smallest absolute Gasteiger partial charge is 0.252 e. The number of amides is 1. The van der Waals surface area contributed by atoms with Gasteiger partial charge in [0.05, 0.1) is 28.4 Å². The number of carbonyl (C=O) groups excluding carboxylic acids is 1. The van der Waals surface area contributed by atoms with E-state index in [1.807, 2.05) is 18.3 Å². The van der Waals surface area contributed by atoms with Crippen LogP contribution in [0, 0.1) is 23.0 Å². The zero-order valence-electron chi connectivity index (χ0n) is 22.5. The molecule has 3 heterocycles. The van der Waals surface area contributed by atoms with Crippen molar-refractivity contribution in [1.29, 1.82) is 5.26 Å². The maximum Gasteiger partial charge on any atom is 0.252 e. The van der Waals surface area contributed by atoms with Gasteiger partial charge >= 0.3 is 0 Å². The van der Waals surface area contributed by atoms with Crippen LogP contribution in [0.3, 0.4) is 0 Å². The Bertz CT molecular complexity index is 1680. The summed E-state index contributed by atoms with van der Waals surface area (Å²) in [4.78, 5) is 31.6. The average molecular weight is 582 g/mol. The molecule has 12 heteroatoms. The molecule has 1 saturated carbocycles.